The zero-order valence-electron chi connectivity index (χ0n) is 19.4. The van der Waals surface area contributed by atoms with Crippen molar-refractivity contribution in [2.75, 3.05) is 6.54 Å². The fourth-order valence-corrected chi connectivity index (χ4v) is 3.71. The summed E-state index contributed by atoms with van der Waals surface area (Å²) in [6, 6.07) is 15.4. The molecule has 0 radical (unpaired) electrons. The van der Waals surface area contributed by atoms with Crippen molar-refractivity contribution in [3.63, 3.8) is 0 Å². The summed E-state index contributed by atoms with van der Waals surface area (Å²) in [5.74, 6) is -1.05. The summed E-state index contributed by atoms with van der Waals surface area (Å²) >= 11 is 11.7. The molecule has 36 heavy (non-hydrogen) atoms. The van der Waals surface area contributed by atoms with Crippen LogP contribution in [0, 0.1) is 0 Å². The molecule has 0 atom stereocenters. The third-order valence-corrected chi connectivity index (χ3v) is 5.60. The molecule has 192 valence electrons. The van der Waals surface area contributed by atoms with Crippen molar-refractivity contribution in [3.05, 3.63) is 93.0 Å². The Bertz CT molecular complexity index is 1190. The number of benzene rings is 3. The molecule has 0 saturated heterocycles. The predicted molar refractivity (Wildman–Crippen MR) is 135 cm³/mol. The quantitative estimate of drug-likeness (QED) is 0.322. The number of carboxylic acid groups (broad SMARTS) is 1. The lowest BCUT2D eigenvalue weighted by molar-refractivity contribution is -0.138. The summed E-state index contributed by atoms with van der Waals surface area (Å²) in [6.45, 7) is 2.61. The Morgan fingerprint density at radius 2 is 1.67 bits per heavy atom. The first-order valence-electron chi connectivity index (χ1n) is 10.8. The second kappa shape index (κ2) is 13.3. The number of carbonyl (C=O) groups excluding carboxylic acids is 1. The number of aliphatic carboxylic acids is 1. The van der Waals surface area contributed by atoms with Crippen LogP contribution in [0.1, 0.15) is 29.2 Å². The maximum atomic E-state index is 13.1. The molecule has 3 rings (SSSR count). The van der Waals surface area contributed by atoms with Crippen LogP contribution >= 0.6 is 23.2 Å². The van der Waals surface area contributed by atoms with Crippen molar-refractivity contribution in [1.82, 2.24) is 4.90 Å². The molecule has 0 aliphatic heterocycles. The molecule has 0 spiro atoms. The van der Waals surface area contributed by atoms with Crippen LogP contribution in [0.4, 0.5) is 13.2 Å². The Morgan fingerprint density at radius 3 is 2.19 bits per heavy atom. The summed E-state index contributed by atoms with van der Waals surface area (Å²) in [4.78, 5) is 23.4. The normalized spacial score (nSPS) is 10.9. The van der Waals surface area contributed by atoms with Crippen LogP contribution in [0.25, 0.3) is 11.1 Å². The van der Waals surface area contributed by atoms with Crippen LogP contribution in [0.2, 0.25) is 10.0 Å². The molecular weight excluding hydrogens is 516 g/mol. The monoisotopic (exact) mass is 540 g/mol. The maximum absolute atomic E-state index is 13.1. The molecule has 0 saturated carbocycles. The lowest BCUT2D eigenvalue weighted by atomic mass is 9.95. The number of nitrogens with zero attached hydrogens (tertiary/aromatic N) is 1. The van der Waals surface area contributed by atoms with Gasteiger partial charge in [0.2, 0.25) is 6.41 Å². The van der Waals surface area contributed by atoms with Crippen molar-refractivity contribution in [2.45, 2.75) is 32.6 Å². The fraction of sp³-hybridized carbons (Fsp3) is 0.231. The molecule has 3 aromatic rings. The summed E-state index contributed by atoms with van der Waals surface area (Å²) in [6.07, 6.45) is -4.22. The Morgan fingerprint density at radius 1 is 1.00 bits per heavy atom. The highest BCUT2D eigenvalue weighted by molar-refractivity contribution is 6.31. The van der Waals surface area contributed by atoms with Crippen LogP contribution in [-0.4, -0.2) is 28.9 Å². The standard InChI is InChI=1S/C19H17ClF3NO3.C7H8ClN/c1-2-24(11-25)10-14-8-15(19(21,22)23)3-4-17(14)13-5-12(7-18(26)27)6-16(20)9-13;8-7-3-1-6(5-9)2-4-7/h3-6,8-9,11H,2,7,10H2,1H3,(H,26,27);1-4H,5,9H2. The lowest BCUT2D eigenvalue weighted by Gasteiger charge is -2.20. The van der Waals surface area contributed by atoms with Gasteiger partial charge in [-0.05, 0) is 71.1 Å². The van der Waals surface area contributed by atoms with E-state index in [-0.39, 0.29) is 18.0 Å². The number of halogens is 5. The van der Waals surface area contributed by atoms with Crippen molar-refractivity contribution in [1.29, 1.82) is 0 Å². The van der Waals surface area contributed by atoms with Gasteiger partial charge in [0.15, 0.2) is 0 Å². The molecule has 0 aliphatic rings. The van der Waals surface area contributed by atoms with E-state index in [0.29, 0.717) is 41.8 Å². The van der Waals surface area contributed by atoms with Crippen molar-refractivity contribution < 1.29 is 27.9 Å². The molecule has 0 unspecified atom stereocenters. The third-order valence-electron chi connectivity index (χ3n) is 5.13. The first-order valence-corrected chi connectivity index (χ1v) is 11.6. The van der Waals surface area contributed by atoms with Crippen LogP contribution in [0.3, 0.4) is 0 Å². The van der Waals surface area contributed by atoms with E-state index < -0.39 is 17.7 Å². The van der Waals surface area contributed by atoms with E-state index in [1.54, 1.807) is 19.1 Å². The smallest absolute Gasteiger partial charge is 0.416 e. The van der Waals surface area contributed by atoms with Crippen LogP contribution in [0.15, 0.2) is 60.7 Å². The molecule has 1 amide bonds. The molecule has 10 heteroatoms. The predicted octanol–water partition coefficient (Wildman–Crippen LogP) is 6.43. The van der Waals surface area contributed by atoms with Gasteiger partial charge in [-0.3, -0.25) is 9.59 Å². The van der Waals surface area contributed by atoms with E-state index in [1.165, 1.54) is 17.0 Å². The van der Waals surface area contributed by atoms with E-state index >= 15 is 0 Å². The number of amides is 1. The van der Waals surface area contributed by atoms with Crippen molar-refractivity contribution in [2.24, 2.45) is 5.73 Å². The van der Waals surface area contributed by atoms with E-state index in [0.717, 1.165) is 22.7 Å². The molecular formula is C26H25Cl2F3N2O3. The number of nitrogens with two attached hydrogens (primary N) is 1. The molecule has 0 fully saturated rings. The average molecular weight is 541 g/mol. The second-order valence-corrected chi connectivity index (χ2v) is 8.66. The van der Waals surface area contributed by atoms with E-state index in [4.69, 9.17) is 34.0 Å². The maximum Gasteiger partial charge on any atom is 0.416 e. The van der Waals surface area contributed by atoms with Gasteiger partial charge in [0.05, 0.1) is 12.0 Å². The van der Waals surface area contributed by atoms with Gasteiger partial charge in [0, 0.05) is 29.7 Å². The topological polar surface area (TPSA) is 83.6 Å². The minimum absolute atomic E-state index is 0.0139. The largest absolute Gasteiger partial charge is 0.481 e. The number of alkyl halides is 3. The Balaban J connectivity index is 0.000000425. The first kappa shape index (κ1) is 29.2. The minimum Gasteiger partial charge on any atom is -0.481 e. The molecule has 3 N–H and O–H groups in total. The van der Waals surface area contributed by atoms with Crippen LogP contribution in [-0.2, 0) is 35.3 Å². The highest BCUT2D eigenvalue weighted by Crippen LogP contribution is 2.35. The average Bonchev–Trinajstić information content (AvgIpc) is 2.82. The first-order chi connectivity index (χ1) is 17.0. The van der Waals surface area contributed by atoms with Gasteiger partial charge < -0.3 is 15.7 Å². The van der Waals surface area contributed by atoms with Gasteiger partial charge in [-0.15, -0.1) is 0 Å². The summed E-state index contributed by atoms with van der Waals surface area (Å²) in [5, 5.41) is 10.0. The van der Waals surface area contributed by atoms with Gasteiger partial charge in [-0.1, -0.05) is 47.5 Å². The number of carboxylic acids is 1. The minimum atomic E-state index is -4.52. The zero-order chi connectivity index (χ0) is 26.9. The molecule has 0 aliphatic carbocycles. The van der Waals surface area contributed by atoms with Gasteiger partial charge in [-0.25, -0.2) is 0 Å². The number of rotatable bonds is 8. The lowest BCUT2D eigenvalue weighted by Crippen LogP contribution is -2.21. The molecule has 3 aromatic carbocycles. The molecule has 0 aromatic heterocycles. The summed E-state index contributed by atoms with van der Waals surface area (Å²) < 4.78 is 39.3. The zero-order valence-corrected chi connectivity index (χ0v) is 20.9. The number of hydrogen-bond acceptors (Lipinski definition) is 3. The van der Waals surface area contributed by atoms with Gasteiger partial charge in [0.1, 0.15) is 0 Å². The molecule has 5 nitrogen and oxygen atoms in total. The van der Waals surface area contributed by atoms with Gasteiger partial charge in [0.25, 0.3) is 0 Å². The van der Waals surface area contributed by atoms with Crippen LogP contribution in [0.5, 0.6) is 0 Å². The summed E-state index contributed by atoms with van der Waals surface area (Å²) in [5.41, 5.74) is 7.31. The van der Waals surface area contributed by atoms with E-state index in [9.17, 15) is 22.8 Å². The fourth-order valence-electron chi connectivity index (χ4n) is 3.33. The Kier molecular flexibility index (Phi) is 10.8. The number of carbonyl (C=O) groups is 2. The SMILES string of the molecule is CCN(C=O)Cc1cc(C(F)(F)F)ccc1-c1cc(Cl)cc(CC(=O)O)c1.NCc1ccc(Cl)cc1. The highest BCUT2D eigenvalue weighted by atomic mass is 35.5. The van der Waals surface area contributed by atoms with E-state index in [2.05, 4.69) is 0 Å². The highest BCUT2D eigenvalue weighted by Gasteiger charge is 2.31. The Labute approximate surface area is 217 Å². The van der Waals surface area contributed by atoms with Crippen molar-refractivity contribution >= 4 is 35.6 Å². The molecule has 0 bridgehead atoms. The number of hydrogen-bond donors (Lipinski definition) is 2. The second-order valence-electron chi connectivity index (χ2n) is 7.79. The van der Waals surface area contributed by atoms with Crippen LogP contribution < -0.4 is 5.73 Å². The summed E-state index contributed by atoms with van der Waals surface area (Å²) in [7, 11) is 0. The van der Waals surface area contributed by atoms with Gasteiger partial charge >= 0.3 is 12.1 Å². The third kappa shape index (κ3) is 8.86. The van der Waals surface area contributed by atoms with Crippen molar-refractivity contribution in [3.8, 4) is 11.1 Å². The molecule has 0 heterocycles. The van der Waals surface area contributed by atoms with E-state index in [1.807, 2.05) is 24.3 Å². The van der Waals surface area contributed by atoms with Gasteiger partial charge in [-0.2, -0.15) is 13.2 Å². The Hall–Kier alpha value is -3.07.